The number of anilines is 1. The molecule has 0 spiro atoms. The minimum atomic E-state index is 0.684. The quantitative estimate of drug-likeness (QED) is 0.815. The first kappa shape index (κ1) is 12.5. The van der Waals surface area contributed by atoms with Gasteiger partial charge in [-0.25, -0.2) is 0 Å². The van der Waals surface area contributed by atoms with Gasteiger partial charge < -0.3 is 5.32 Å². The molecule has 0 bridgehead atoms. The van der Waals surface area contributed by atoms with Crippen molar-refractivity contribution < 1.29 is 0 Å². The third-order valence-electron chi connectivity index (χ3n) is 4.49. The highest BCUT2D eigenvalue weighted by atomic mass is 79.9. The van der Waals surface area contributed by atoms with Crippen LogP contribution in [-0.4, -0.2) is 6.04 Å². The van der Waals surface area contributed by atoms with E-state index in [4.69, 9.17) is 0 Å². The van der Waals surface area contributed by atoms with Gasteiger partial charge in [-0.15, -0.1) is 0 Å². The predicted octanol–water partition coefficient (Wildman–Crippen LogP) is 5.14. The van der Waals surface area contributed by atoms with Gasteiger partial charge in [-0.05, 0) is 78.1 Å². The third-order valence-corrected chi connectivity index (χ3v) is 5.14. The van der Waals surface area contributed by atoms with Gasteiger partial charge in [0.2, 0.25) is 0 Å². The summed E-state index contributed by atoms with van der Waals surface area (Å²) >= 11 is 3.67. The maximum atomic E-state index is 3.74. The summed E-state index contributed by atoms with van der Waals surface area (Å²) in [5.41, 5.74) is 2.58. The van der Waals surface area contributed by atoms with E-state index in [0.717, 1.165) is 11.8 Å². The zero-order valence-electron chi connectivity index (χ0n) is 11.1. The Morgan fingerprint density at radius 1 is 1.11 bits per heavy atom. The molecule has 18 heavy (non-hydrogen) atoms. The molecule has 98 valence electrons. The van der Waals surface area contributed by atoms with E-state index >= 15 is 0 Å². The normalized spacial score (nSPS) is 28.1. The Bertz CT molecular complexity index is 425. The molecule has 0 heterocycles. The lowest BCUT2D eigenvalue weighted by Crippen LogP contribution is -2.28. The monoisotopic (exact) mass is 307 g/mol. The summed E-state index contributed by atoms with van der Waals surface area (Å²) in [4.78, 5) is 0. The highest BCUT2D eigenvalue weighted by Crippen LogP contribution is 2.44. The van der Waals surface area contributed by atoms with E-state index in [2.05, 4.69) is 46.4 Å². The first-order valence-corrected chi connectivity index (χ1v) is 8.04. The minimum absolute atomic E-state index is 0.684. The molecule has 3 rings (SSSR count). The van der Waals surface area contributed by atoms with Crippen molar-refractivity contribution in [2.45, 2.75) is 51.5 Å². The summed E-state index contributed by atoms with van der Waals surface area (Å²) in [5, 5.41) is 3.74. The summed E-state index contributed by atoms with van der Waals surface area (Å²) in [6.45, 7) is 2.14. The van der Waals surface area contributed by atoms with E-state index < -0.39 is 0 Å². The number of nitrogens with one attached hydrogen (secondary N) is 1. The second-order valence-electron chi connectivity index (χ2n) is 6.09. The molecular weight excluding hydrogens is 286 g/mol. The highest BCUT2D eigenvalue weighted by molar-refractivity contribution is 9.10. The van der Waals surface area contributed by atoms with Gasteiger partial charge in [-0.1, -0.05) is 18.9 Å². The molecule has 0 aliphatic heterocycles. The second-order valence-corrected chi connectivity index (χ2v) is 6.94. The summed E-state index contributed by atoms with van der Waals surface area (Å²) in [5.74, 6) is 2.07. The van der Waals surface area contributed by atoms with Gasteiger partial charge >= 0.3 is 0 Å². The van der Waals surface area contributed by atoms with Crippen molar-refractivity contribution in [2.24, 2.45) is 11.8 Å². The zero-order valence-corrected chi connectivity index (χ0v) is 12.7. The fourth-order valence-corrected chi connectivity index (χ4v) is 3.92. The standard InChI is InChI=1S/C16H22BrN/c1-11-5-8-16(15(17)9-11)18-14-4-2-3-13(10-14)12-6-7-12/h5,8-9,12-14,18H,2-4,6-7,10H2,1H3. The van der Waals surface area contributed by atoms with Gasteiger partial charge in [0.25, 0.3) is 0 Å². The van der Waals surface area contributed by atoms with Crippen molar-refractivity contribution in [3.05, 3.63) is 28.2 Å². The molecule has 1 aromatic rings. The van der Waals surface area contributed by atoms with Crippen LogP contribution in [0.4, 0.5) is 5.69 Å². The van der Waals surface area contributed by atoms with E-state index in [1.807, 2.05) is 0 Å². The van der Waals surface area contributed by atoms with E-state index in [9.17, 15) is 0 Å². The Kier molecular flexibility index (Phi) is 3.65. The number of aryl methyl sites for hydroxylation is 1. The van der Waals surface area contributed by atoms with E-state index in [0.29, 0.717) is 6.04 Å². The Hall–Kier alpha value is -0.500. The number of halogens is 1. The smallest absolute Gasteiger partial charge is 0.0486 e. The van der Waals surface area contributed by atoms with E-state index in [1.54, 1.807) is 0 Å². The van der Waals surface area contributed by atoms with Crippen molar-refractivity contribution in [3.8, 4) is 0 Å². The fraction of sp³-hybridized carbons (Fsp3) is 0.625. The molecule has 1 N–H and O–H groups in total. The Morgan fingerprint density at radius 3 is 2.67 bits per heavy atom. The number of hydrogen-bond donors (Lipinski definition) is 1. The summed E-state index contributed by atoms with van der Waals surface area (Å²) < 4.78 is 1.20. The predicted molar refractivity (Wildman–Crippen MR) is 81.0 cm³/mol. The molecule has 2 aliphatic rings. The lowest BCUT2D eigenvalue weighted by atomic mass is 9.82. The van der Waals surface area contributed by atoms with Crippen LogP contribution in [0.1, 0.15) is 44.1 Å². The first-order chi connectivity index (χ1) is 8.72. The zero-order chi connectivity index (χ0) is 12.5. The molecule has 2 aliphatic carbocycles. The molecular formula is C16H22BrN. The van der Waals surface area contributed by atoms with Crippen molar-refractivity contribution in [3.63, 3.8) is 0 Å². The number of hydrogen-bond acceptors (Lipinski definition) is 1. The van der Waals surface area contributed by atoms with Gasteiger partial charge in [0, 0.05) is 16.2 Å². The van der Waals surface area contributed by atoms with E-state index in [1.165, 1.54) is 54.2 Å². The minimum Gasteiger partial charge on any atom is -0.381 e. The van der Waals surface area contributed by atoms with Crippen LogP contribution < -0.4 is 5.32 Å². The molecule has 0 saturated heterocycles. The van der Waals surface area contributed by atoms with Crippen LogP contribution in [0.3, 0.4) is 0 Å². The highest BCUT2D eigenvalue weighted by Gasteiger charge is 2.34. The lowest BCUT2D eigenvalue weighted by Gasteiger charge is -2.31. The second kappa shape index (κ2) is 5.24. The Labute approximate surface area is 118 Å². The van der Waals surface area contributed by atoms with Crippen LogP contribution in [-0.2, 0) is 0 Å². The first-order valence-electron chi connectivity index (χ1n) is 7.25. The van der Waals surface area contributed by atoms with Gasteiger partial charge in [0.05, 0.1) is 0 Å². The lowest BCUT2D eigenvalue weighted by molar-refractivity contribution is 0.303. The van der Waals surface area contributed by atoms with Crippen LogP contribution in [0.5, 0.6) is 0 Å². The van der Waals surface area contributed by atoms with E-state index in [-0.39, 0.29) is 0 Å². The van der Waals surface area contributed by atoms with Gasteiger partial charge in [-0.3, -0.25) is 0 Å². The summed E-state index contributed by atoms with van der Waals surface area (Å²) in [6, 6.07) is 7.28. The average molecular weight is 308 g/mol. The molecule has 2 heteroatoms. The van der Waals surface area contributed by atoms with Crippen LogP contribution in [0.25, 0.3) is 0 Å². The SMILES string of the molecule is Cc1ccc(NC2CCCC(C3CC3)C2)c(Br)c1. The van der Waals surface area contributed by atoms with Crippen molar-refractivity contribution in [1.29, 1.82) is 0 Å². The largest absolute Gasteiger partial charge is 0.381 e. The molecule has 2 fully saturated rings. The Balaban J connectivity index is 1.64. The molecule has 2 unspecified atom stereocenters. The van der Waals surface area contributed by atoms with Crippen LogP contribution >= 0.6 is 15.9 Å². The average Bonchev–Trinajstić information content (AvgIpc) is 3.17. The van der Waals surface area contributed by atoms with Gasteiger partial charge in [-0.2, -0.15) is 0 Å². The molecule has 2 saturated carbocycles. The van der Waals surface area contributed by atoms with Crippen LogP contribution in [0.15, 0.2) is 22.7 Å². The molecule has 2 atom stereocenters. The topological polar surface area (TPSA) is 12.0 Å². The van der Waals surface area contributed by atoms with Crippen molar-refractivity contribution in [1.82, 2.24) is 0 Å². The summed E-state index contributed by atoms with van der Waals surface area (Å²) in [6.07, 6.45) is 8.58. The van der Waals surface area contributed by atoms with Gasteiger partial charge in [0.1, 0.15) is 0 Å². The number of benzene rings is 1. The molecule has 1 aromatic carbocycles. The van der Waals surface area contributed by atoms with Crippen molar-refractivity contribution >= 4 is 21.6 Å². The van der Waals surface area contributed by atoms with Crippen LogP contribution in [0, 0.1) is 18.8 Å². The molecule has 1 nitrogen and oxygen atoms in total. The maximum absolute atomic E-state index is 3.74. The summed E-state index contributed by atoms with van der Waals surface area (Å²) in [7, 11) is 0. The number of rotatable bonds is 3. The third kappa shape index (κ3) is 2.90. The molecule has 0 amide bonds. The maximum Gasteiger partial charge on any atom is 0.0486 e. The Morgan fingerprint density at radius 2 is 1.94 bits per heavy atom. The molecule has 0 aromatic heterocycles. The van der Waals surface area contributed by atoms with Crippen LogP contribution in [0.2, 0.25) is 0 Å². The molecule has 0 radical (unpaired) electrons. The fourth-order valence-electron chi connectivity index (χ4n) is 3.31. The van der Waals surface area contributed by atoms with Crippen molar-refractivity contribution in [2.75, 3.05) is 5.32 Å². The van der Waals surface area contributed by atoms with Gasteiger partial charge in [0.15, 0.2) is 0 Å².